The Morgan fingerprint density at radius 1 is 1.14 bits per heavy atom. The molecular weight excluding hydrogens is 306 g/mol. The van der Waals surface area contributed by atoms with E-state index < -0.39 is 0 Å². The number of nitrogens with one attached hydrogen (secondary N) is 1. The molecular formula is C16H20ClNO2S. The third-order valence-electron chi connectivity index (χ3n) is 3.43. The van der Waals surface area contributed by atoms with Crippen molar-refractivity contribution in [3.05, 3.63) is 44.6 Å². The van der Waals surface area contributed by atoms with Crippen molar-refractivity contribution in [3.8, 4) is 11.5 Å². The Labute approximate surface area is 134 Å². The minimum absolute atomic E-state index is 0.0496. The molecule has 0 amide bonds. The van der Waals surface area contributed by atoms with Crippen molar-refractivity contribution in [2.75, 3.05) is 20.8 Å². The first-order chi connectivity index (χ1) is 10.1. The van der Waals surface area contributed by atoms with E-state index >= 15 is 0 Å². The van der Waals surface area contributed by atoms with Gasteiger partial charge in [-0.15, -0.1) is 0 Å². The van der Waals surface area contributed by atoms with Crippen LogP contribution in [0.3, 0.4) is 0 Å². The quantitative estimate of drug-likeness (QED) is 0.852. The number of hydrogen-bond acceptors (Lipinski definition) is 4. The lowest BCUT2D eigenvalue weighted by Crippen LogP contribution is -2.22. The standard InChI is InChI=1S/C16H20ClNO2S/c1-5-18-16(12-9-21-8-10(12)2)11-6-14(19-3)15(20-4)7-13(11)17/h6-9,16,18H,5H2,1-4H3. The summed E-state index contributed by atoms with van der Waals surface area (Å²) in [5.74, 6) is 1.33. The number of ether oxygens (including phenoxy) is 2. The Hall–Kier alpha value is -1.23. The molecule has 5 heteroatoms. The molecule has 21 heavy (non-hydrogen) atoms. The smallest absolute Gasteiger partial charge is 0.162 e. The molecule has 0 radical (unpaired) electrons. The van der Waals surface area contributed by atoms with Crippen molar-refractivity contribution in [2.24, 2.45) is 0 Å². The maximum atomic E-state index is 6.46. The zero-order valence-corrected chi connectivity index (χ0v) is 14.3. The van der Waals surface area contributed by atoms with Crippen molar-refractivity contribution >= 4 is 22.9 Å². The van der Waals surface area contributed by atoms with Gasteiger partial charge in [0.15, 0.2) is 11.5 Å². The fraction of sp³-hybridized carbons (Fsp3) is 0.375. The third kappa shape index (κ3) is 3.34. The van der Waals surface area contributed by atoms with Gasteiger partial charge in [0, 0.05) is 11.1 Å². The first-order valence-electron chi connectivity index (χ1n) is 6.79. The predicted octanol–water partition coefficient (Wildman–Crippen LogP) is 4.43. The van der Waals surface area contributed by atoms with Gasteiger partial charge in [-0.25, -0.2) is 0 Å². The summed E-state index contributed by atoms with van der Waals surface area (Å²) in [6, 6.07) is 3.81. The van der Waals surface area contributed by atoms with Crippen LogP contribution in [0.4, 0.5) is 0 Å². The first-order valence-corrected chi connectivity index (χ1v) is 8.11. The molecule has 1 aromatic carbocycles. The number of methoxy groups -OCH3 is 2. The molecule has 2 rings (SSSR count). The molecule has 0 saturated heterocycles. The molecule has 1 N–H and O–H groups in total. The molecule has 3 nitrogen and oxygen atoms in total. The van der Waals surface area contributed by atoms with E-state index in [0.717, 1.165) is 12.1 Å². The molecule has 0 aliphatic heterocycles. The number of rotatable bonds is 6. The fourth-order valence-electron chi connectivity index (χ4n) is 2.35. The second-order valence-corrected chi connectivity index (χ2v) is 5.88. The van der Waals surface area contributed by atoms with Crippen LogP contribution >= 0.6 is 22.9 Å². The van der Waals surface area contributed by atoms with Gasteiger partial charge < -0.3 is 14.8 Å². The summed E-state index contributed by atoms with van der Waals surface area (Å²) in [5, 5.41) is 8.48. The first kappa shape index (κ1) is 16.1. The molecule has 1 aromatic heterocycles. The van der Waals surface area contributed by atoms with Gasteiger partial charge in [-0.1, -0.05) is 18.5 Å². The highest BCUT2D eigenvalue weighted by Crippen LogP contribution is 2.39. The summed E-state index contributed by atoms with van der Waals surface area (Å²) < 4.78 is 10.7. The van der Waals surface area contributed by atoms with E-state index in [0.29, 0.717) is 16.5 Å². The Morgan fingerprint density at radius 3 is 2.33 bits per heavy atom. The lowest BCUT2D eigenvalue weighted by Gasteiger charge is -2.21. The number of benzene rings is 1. The monoisotopic (exact) mass is 325 g/mol. The van der Waals surface area contributed by atoms with E-state index in [1.54, 1.807) is 25.6 Å². The molecule has 0 fully saturated rings. The predicted molar refractivity (Wildman–Crippen MR) is 89.1 cm³/mol. The maximum Gasteiger partial charge on any atom is 0.162 e. The Morgan fingerprint density at radius 2 is 1.81 bits per heavy atom. The summed E-state index contributed by atoms with van der Waals surface area (Å²) in [6.45, 7) is 5.05. The average molecular weight is 326 g/mol. The minimum atomic E-state index is 0.0496. The number of aryl methyl sites for hydroxylation is 1. The Bertz CT molecular complexity index is 612. The Balaban J connectivity index is 2.53. The molecule has 114 valence electrons. The van der Waals surface area contributed by atoms with Crippen LogP contribution in [-0.2, 0) is 0 Å². The maximum absolute atomic E-state index is 6.46. The number of hydrogen-bond donors (Lipinski definition) is 1. The van der Waals surface area contributed by atoms with Crippen molar-refractivity contribution in [1.82, 2.24) is 5.32 Å². The number of halogens is 1. The topological polar surface area (TPSA) is 30.5 Å². The molecule has 1 heterocycles. The lowest BCUT2D eigenvalue weighted by atomic mass is 9.97. The van der Waals surface area contributed by atoms with Crippen LogP contribution in [0.2, 0.25) is 5.02 Å². The molecule has 0 bridgehead atoms. The zero-order valence-electron chi connectivity index (χ0n) is 12.7. The SMILES string of the molecule is CCNC(c1cscc1C)c1cc(OC)c(OC)cc1Cl. The average Bonchev–Trinajstić information content (AvgIpc) is 2.90. The van der Waals surface area contributed by atoms with Crippen molar-refractivity contribution in [2.45, 2.75) is 19.9 Å². The van der Waals surface area contributed by atoms with Gasteiger partial charge in [-0.3, -0.25) is 0 Å². The van der Waals surface area contributed by atoms with Crippen LogP contribution in [-0.4, -0.2) is 20.8 Å². The molecule has 0 aliphatic rings. The van der Waals surface area contributed by atoms with Crippen molar-refractivity contribution in [3.63, 3.8) is 0 Å². The van der Waals surface area contributed by atoms with Crippen LogP contribution in [0, 0.1) is 6.92 Å². The van der Waals surface area contributed by atoms with Gasteiger partial charge in [0.2, 0.25) is 0 Å². The second-order valence-electron chi connectivity index (χ2n) is 4.73. The summed E-state index contributed by atoms with van der Waals surface area (Å²) in [4.78, 5) is 0. The summed E-state index contributed by atoms with van der Waals surface area (Å²) in [6.07, 6.45) is 0. The van der Waals surface area contributed by atoms with E-state index in [1.807, 2.05) is 12.1 Å². The van der Waals surface area contributed by atoms with E-state index in [4.69, 9.17) is 21.1 Å². The molecule has 0 aliphatic carbocycles. The van der Waals surface area contributed by atoms with Crippen molar-refractivity contribution < 1.29 is 9.47 Å². The lowest BCUT2D eigenvalue weighted by molar-refractivity contribution is 0.354. The summed E-state index contributed by atoms with van der Waals surface area (Å²) >= 11 is 8.16. The van der Waals surface area contributed by atoms with Crippen LogP contribution in [0.1, 0.15) is 29.7 Å². The third-order valence-corrected chi connectivity index (χ3v) is 4.64. The summed E-state index contributed by atoms with van der Waals surface area (Å²) in [7, 11) is 3.24. The van der Waals surface area contributed by atoms with Crippen LogP contribution in [0.15, 0.2) is 22.9 Å². The van der Waals surface area contributed by atoms with Gasteiger partial charge in [0.05, 0.1) is 20.3 Å². The van der Waals surface area contributed by atoms with E-state index in [2.05, 4.69) is 29.9 Å². The summed E-state index contributed by atoms with van der Waals surface area (Å²) in [5.41, 5.74) is 3.51. The number of thiophene rings is 1. The molecule has 1 atom stereocenters. The normalized spacial score (nSPS) is 12.2. The second kappa shape index (κ2) is 7.16. The fourth-order valence-corrected chi connectivity index (χ4v) is 3.49. The highest BCUT2D eigenvalue weighted by Gasteiger charge is 2.21. The highest BCUT2D eigenvalue weighted by molar-refractivity contribution is 7.08. The van der Waals surface area contributed by atoms with Crippen molar-refractivity contribution in [1.29, 1.82) is 0 Å². The minimum Gasteiger partial charge on any atom is -0.493 e. The molecule has 0 spiro atoms. The van der Waals surface area contributed by atoms with Gasteiger partial charge in [0.25, 0.3) is 0 Å². The van der Waals surface area contributed by atoms with Gasteiger partial charge in [-0.2, -0.15) is 11.3 Å². The van der Waals surface area contributed by atoms with Gasteiger partial charge >= 0.3 is 0 Å². The Kier molecular flexibility index (Phi) is 5.51. The van der Waals surface area contributed by atoms with Gasteiger partial charge in [-0.05, 0) is 47.0 Å². The largest absolute Gasteiger partial charge is 0.493 e. The van der Waals surface area contributed by atoms with E-state index in [1.165, 1.54) is 11.1 Å². The zero-order chi connectivity index (χ0) is 15.4. The highest BCUT2D eigenvalue weighted by atomic mass is 35.5. The van der Waals surface area contributed by atoms with Crippen LogP contribution in [0.25, 0.3) is 0 Å². The molecule has 0 saturated carbocycles. The molecule has 2 aromatic rings. The van der Waals surface area contributed by atoms with Crippen LogP contribution in [0.5, 0.6) is 11.5 Å². The van der Waals surface area contributed by atoms with E-state index in [9.17, 15) is 0 Å². The van der Waals surface area contributed by atoms with Gasteiger partial charge in [0.1, 0.15) is 0 Å². The molecule has 1 unspecified atom stereocenters. The van der Waals surface area contributed by atoms with E-state index in [-0.39, 0.29) is 6.04 Å². The van der Waals surface area contributed by atoms with Crippen LogP contribution < -0.4 is 14.8 Å².